The summed E-state index contributed by atoms with van der Waals surface area (Å²) in [5, 5.41) is 1.75. The lowest BCUT2D eigenvalue weighted by atomic mass is 9.99. The summed E-state index contributed by atoms with van der Waals surface area (Å²) >= 11 is 1.06. The molecule has 94 valence electrons. The van der Waals surface area contributed by atoms with Crippen LogP contribution in [0.4, 0.5) is 18.3 Å². The molecule has 0 aromatic carbocycles. The second kappa shape index (κ2) is 4.26. The molecular weight excluding hydrogens is 255 g/mol. The van der Waals surface area contributed by atoms with Crippen LogP contribution in [0.3, 0.4) is 0 Å². The lowest BCUT2D eigenvalue weighted by Crippen LogP contribution is -2.29. The number of hydrogen-bond donors (Lipinski definition) is 2. The predicted molar refractivity (Wildman–Crippen MR) is 56.8 cm³/mol. The van der Waals surface area contributed by atoms with E-state index in [9.17, 15) is 18.0 Å². The van der Waals surface area contributed by atoms with E-state index in [0.29, 0.717) is 12.8 Å². The molecular formula is C9H10F3N3OS. The third kappa shape index (κ3) is 2.75. The molecule has 1 atom stereocenters. The van der Waals surface area contributed by atoms with Gasteiger partial charge in [-0.05, 0) is 19.3 Å². The van der Waals surface area contributed by atoms with E-state index in [1.54, 1.807) is 5.32 Å². The minimum atomic E-state index is -4.89. The van der Waals surface area contributed by atoms with Gasteiger partial charge in [0.05, 0.1) is 5.69 Å². The number of hydrogen-bond acceptors (Lipinski definition) is 4. The van der Waals surface area contributed by atoms with E-state index >= 15 is 0 Å². The Hall–Kier alpha value is -1.15. The monoisotopic (exact) mass is 265 g/mol. The van der Waals surface area contributed by atoms with Gasteiger partial charge in [0, 0.05) is 10.9 Å². The Morgan fingerprint density at radius 2 is 2.24 bits per heavy atom. The summed E-state index contributed by atoms with van der Waals surface area (Å²) < 4.78 is 36.1. The van der Waals surface area contributed by atoms with Crippen molar-refractivity contribution in [2.45, 2.75) is 31.5 Å². The molecule has 2 rings (SSSR count). The van der Waals surface area contributed by atoms with Crippen LogP contribution < -0.4 is 11.1 Å². The first-order chi connectivity index (χ1) is 7.86. The second-order valence-electron chi connectivity index (χ2n) is 3.84. The van der Waals surface area contributed by atoms with Gasteiger partial charge in [-0.1, -0.05) is 0 Å². The first-order valence-corrected chi connectivity index (χ1v) is 5.80. The van der Waals surface area contributed by atoms with E-state index in [4.69, 9.17) is 5.73 Å². The van der Waals surface area contributed by atoms with Crippen molar-refractivity contribution < 1.29 is 18.0 Å². The fourth-order valence-corrected chi connectivity index (χ4v) is 2.72. The van der Waals surface area contributed by atoms with Crippen molar-refractivity contribution in [3.63, 3.8) is 0 Å². The standard InChI is InChI=1S/C9H10F3N3OS/c10-9(11,12)7(16)15-8-14-5-2-1-4(13)3-6(5)17-8/h4H,1-3,13H2,(H,14,15,16)/t4-/m0/s1. The fraction of sp³-hybridized carbons (Fsp3) is 0.556. The van der Waals surface area contributed by atoms with Gasteiger partial charge in [0.15, 0.2) is 5.13 Å². The van der Waals surface area contributed by atoms with E-state index in [1.807, 2.05) is 0 Å². The number of carbonyl (C=O) groups is 1. The lowest BCUT2D eigenvalue weighted by Gasteiger charge is -2.15. The number of nitrogens with zero attached hydrogens (tertiary/aromatic N) is 1. The summed E-state index contributed by atoms with van der Waals surface area (Å²) in [5.74, 6) is -1.99. The van der Waals surface area contributed by atoms with Crippen molar-refractivity contribution in [1.29, 1.82) is 0 Å². The topological polar surface area (TPSA) is 68.0 Å². The van der Waals surface area contributed by atoms with Crippen molar-refractivity contribution in [2.24, 2.45) is 5.73 Å². The van der Waals surface area contributed by atoms with Crippen LogP contribution in [0.1, 0.15) is 17.0 Å². The molecule has 4 nitrogen and oxygen atoms in total. The number of aromatic nitrogens is 1. The Balaban J connectivity index is 2.11. The summed E-state index contributed by atoms with van der Waals surface area (Å²) in [7, 11) is 0. The zero-order valence-electron chi connectivity index (χ0n) is 8.67. The lowest BCUT2D eigenvalue weighted by molar-refractivity contribution is -0.167. The molecule has 1 aromatic heterocycles. The molecule has 8 heteroatoms. The minimum absolute atomic E-state index is 0.00794. The van der Waals surface area contributed by atoms with Crippen LogP contribution in [0.25, 0.3) is 0 Å². The number of aryl methyl sites for hydroxylation is 1. The smallest absolute Gasteiger partial charge is 0.327 e. The molecule has 1 amide bonds. The summed E-state index contributed by atoms with van der Waals surface area (Å²) in [6.07, 6.45) is -2.87. The quantitative estimate of drug-likeness (QED) is 0.807. The van der Waals surface area contributed by atoms with Gasteiger partial charge in [0.2, 0.25) is 0 Å². The Kier molecular flexibility index (Phi) is 3.09. The maximum Gasteiger partial charge on any atom is 0.471 e. The molecule has 0 saturated carbocycles. The first-order valence-electron chi connectivity index (χ1n) is 4.98. The number of alkyl halides is 3. The molecule has 0 saturated heterocycles. The summed E-state index contributed by atoms with van der Waals surface area (Å²) in [6, 6.07) is 0.0223. The van der Waals surface area contributed by atoms with E-state index in [0.717, 1.165) is 28.3 Å². The zero-order chi connectivity index (χ0) is 12.6. The van der Waals surface area contributed by atoms with Crippen molar-refractivity contribution >= 4 is 22.4 Å². The average Bonchev–Trinajstić information content (AvgIpc) is 2.57. The molecule has 1 aliphatic carbocycles. The SMILES string of the molecule is N[C@H]1CCc2nc(NC(=O)C(F)(F)F)sc2C1. The van der Waals surface area contributed by atoms with E-state index in [2.05, 4.69) is 4.98 Å². The predicted octanol–water partition coefficient (Wildman–Crippen LogP) is 1.46. The highest BCUT2D eigenvalue weighted by atomic mass is 32.1. The summed E-state index contributed by atoms with van der Waals surface area (Å²) in [5.41, 5.74) is 6.49. The van der Waals surface area contributed by atoms with Crippen LogP contribution in [0, 0.1) is 0 Å². The van der Waals surface area contributed by atoms with Gasteiger partial charge in [0.1, 0.15) is 0 Å². The Bertz CT molecular complexity index is 443. The third-order valence-corrected chi connectivity index (χ3v) is 3.49. The van der Waals surface area contributed by atoms with Crippen LogP contribution in [0.5, 0.6) is 0 Å². The van der Waals surface area contributed by atoms with Crippen molar-refractivity contribution in [1.82, 2.24) is 4.98 Å². The second-order valence-corrected chi connectivity index (χ2v) is 4.93. The fourth-order valence-electron chi connectivity index (χ4n) is 1.62. The van der Waals surface area contributed by atoms with Gasteiger partial charge in [0.25, 0.3) is 0 Å². The maximum absolute atomic E-state index is 12.0. The number of anilines is 1. The summed E-state index contributed by atoms with van der Waals surface area (Å²) in [4.78, 5) is 15.5. The molecule has 3 N–H and O–H groups in total. The number of halogens is 3. The number of carbonyl (C=O) groups excluding carboxylic acids is 1. The molecule has 0 unspecified atom stereocenters. The third-order valence-electron chi connectivity index (χ3n) is 2.46. The van der Waals surface area contributed by atoms with Crippen LogP contribution in [0.2, 0.25) is 0 Å². The summed E-state index contributed by atoms with van der Waals surface area (Å²) in [6.45, 7) is 0. The van der Waals surface area contributed by atoms with Gasteiger partial charge >= 0.3 is 12.1 Å². The molecule has 17 heavy (non-hydrogen) atoms. The van der Waals surface area contributed by atoms with Gasteiger partial charge in [-0.2, -0.15) is 13.2 Å². The van der Waals surface area contributed by atoms with E-state index in [1.165, 1.54) is 0 Å². The van der Waals surface area contributed by atoms with Gasteiger partial charge < -0.3 is 5.73 Å². The number of nitrogens with one attached hydrogen (secondary N) is 1. The Morgan fingerprint density at radius 1 is 1.53 bits per heavy atom. The molecule has 0 radical (unpaired) electrons. The molecule has 0 fully saturated rings. The van der Waals surface area contributed by atoms with Gasteiger partial charge in [-0.15, -0.1) is 11.3 Å². The molecule has 1 aliphatic rings. The van der Waals surface area contributed by atoms with Gasteiger partial charge in [-0.3, -0.25) is 10.1 Å². The Morgan fingerprint density at radius 3 is 2.88 bits per heavy atom. The largest absolute Gasteiger partial charge is 0.471 e. The number of amides is 1. The van der Waals surface area contributed by atoms with Crippen molar-refractivity contribution in [2.75, 3.05) is 5.32 Å². The minimum Gasteiger partial charge on any atom is -0.327 e. The van der Waals surface area contributed by atoms with Crippen LogP contribution in [-0.4, -0.2) is 23.1 Å². The normalized spacial score (nSPS) is 19.9. The number of rotatable bonds is 1. The molecule has 0 bridgehead atoms. The highest BCUT2D eigenvalue weighted by Gasteiger charge is 2.39. The molecule has 0 spiro atoms. The highest BCUT2D eigenvalue weighted by molar-refractivity contribution is 7.15. The Labute approximate surface area is 99.0 Å². The molecule has 1 aromatic rings. The van der Waals surface area contributed by atoms with Crippen LogP contribution in [-0.2, 0) is 17.6 Å². The number of nitrogens with two attached hydrogens (primary N) is 1. The number of thiazole rings is 1. The van der Waals surface area contributed by atoms with Gasteiger partial charge in [-0.25, -0.2) is 4.98 Å². The molecule has 1 heterocycles. The van der Waals surface area contributed by atoms with Crippen LogP contribution in [0.15, 0.2) is 0 Å². The average molecular weight is 265 g/mol. The highest BCUT2D eigenvalue weighted by Crippen LogP contribution is 2.30. The zero-order valence-corrected chi connectivity index (χ0v) is 9.49. The van der Waals surface area contributed by atoms with E-state index in [-0.39, 0.29) is 11.2 Å². The first kappa shape index (κ1) is 12.3. The van der Waals surface area contributed by atoms with Crippen molar-refractivity contribution in [3.8, 4) is 0 Å². The van der Waals surface area contributed by atoms with E-state index < -0.39 is 12.1 Å². The van der Waals surface area contributed by atoms with Crippen molar-refractivity contribution in [3.05, 3.63) is 10.6 Å². The number of fused-ring (bicyclic) bond motifs is 1. The van der Waals surface area contributed by atoms with Crippen LogP contribution >= 0.6 is 11.3 Å². The maximum atomic E-state index is 12.0. The molecule has 0 aliphatic heterocycles.